The van der Waals surface area contributed by atoms with Gasteiger partial charge in [0.1, 0.15) is 5.75 Å². The van der Waals surface area contributed by atoms with E-state index in [1.54, 1.807) is 4.90 Å². The molecular formula is C20H22N2O3. The number of benzene rings is 2. The lowest BCUT2D eigenvalue weighted by atomic mass is 10.1. The molecule has 1 aliphatic rings. The van der Waals surface area contributed by atoms with E-state index in [4.69, 9.17) is 4.74 Å². The summed E-state index contributed by atoms with van der Waals surface area (Å²) in [4.78, 5) is 26.6. The van der Waals surface area contributed by atoms with Crippen LogP contribution in [0, 0.1) is 6.92 Å². The average Bonchev–Trinajstić information content (AvgIpc) is 2.68. The van der Waals surface area contributed by atoms with E-state index in [-0.39, 0.29) is 24.5 Å². The number of nitrogens with one attached hydrogen (secondary N) is 1. The van der Waals surface area contributed by atoms with Gasteiger partial charge in [-0.2, -0.15) is 0 Å². The zero-order chi connectivity index (χ0) is 18.0. The normalized spacial score (nSPS) is 14.2. The number of amides is 2. The predicted octanol–water partition coefficient (Wildman–Crippen LogP) is 3.06. The molecule has 0 aliphatic carbocycles. The van der Waals surface area contributed by atoms with Crippen LogP contribution >= 0.6 is 0 Å². The number of para-hydroxylation sites is 1. The number of carbonyl (C=O) groups excluding carboxylic acids is 2. The molecule has 2 aromatic carbocycles. The third kappa shape index (κ3) is 3.65. The second-order valence-electron chi connectivity index (χ2n) is 6.46. The maximum atomic E-state index is 12.6. The number of hydrogen-bond acceptors (Lipinski definition) is 3. The van der Waals surface area contributed by atoms with E-state index >= 15 is 0 Å². The Bertz CT molecular complexity index is 814. The molecule has 1 N–H and O–H groups in total. The third-order valence-electron chi connectivity index (χ3n) is 4.05. The van der Waals surface area contributed by atoms with Gasteiger partial charge in [-0.25, -0.2) is 0 Å². The van der Waals surface area contributed by atoms with Crippen LogP contribution < -0.4 is 15.0 Å². The second kappa shape index (κ2) is 6.97. The molecule has 0 bridgehead atoms. The molecule has 3 rings (SSSR count). The molecule has 5 heteroatoms. The fourth-order valence-corrected chi connectivity index (χ4v) is 2.90. The van der Waals surface area contributed by atoms with Crippen LogP contribution in [0.2, 0.25) is 0 Å². The van der Waals surface area contributed by atoms with Crippen molar-refractivity contribution in [3.8, 4) is 5.75 Å². The third-order valence-corrected chi connectivity index (χ3v) is 4.05. The Morgan fingerprint density at radius 1 is 1.16 bits per heavy atom. The van der Waals surface area contributed by atoms with Crippen LogP contribution in [-0.2, 0) is 11.3 Å². The lowest BCUT2D eigenvalue weighted by molar-refractivity contribution is -0.117. The number of ether oxygens (including phenoxy) is 1. The molecule has 0 saturated carbocycles. The Morgan fingerprint density at radius 3 is 2.68 bits per heavy atom. The van der Waals surface area contributed by atoms with Gasteiger partial charge in [-0.1, -0.05) is 29.8 Å². The monoisotopic (exact) mass is 338 g/mol. The maximum Gasteiger partial charge on any atom is 0.253 e. The first-order chi connectivity index (χ1) is 12.0. The highest BCUT2D eigenvalue weighted by Crippen LogP contribution is 2.28. The Hall–Kier alpha value is -2.82. The molecular weight excluding hydrogens is 316 g/mol. The van der Waals surface area contributed by atoms with Crippen LogP contribution in [0.5, 0.6) is 5.75 Å². The van der Waals surface area contributed by atoms with Crippen molar-refractivity contribution in [2.75, 3.05) is 11.4 Å². The van der Waals surface area contributed by atoms with Gasteiger partial charge >= 0.3 is 0 Å². The number of anilines is 1. The first-order valence-corrected chi connectivity index (χ1v) is 8.39. The zero-order valence-corrected chi connectivity index (χ0v) is 14.7. The Balaban J connectivity index is 2.01. The van der Waals surface area contributed by atoms with Gasteiger partial charge < -0.3 is 15.0 Å². The summed E-state index contributed by atoms with van der Waals surface area (Å²) in [6, 6.07) is 13.2. The second-order valence-corrected chi connectivity index (χ2v) is 6.46. The minimum atomic E-state index is -0.221. The van der Waals surface area contributed by atoms with Crippen LogP contribution in [0.25, 0.3) is 0 Å². The zero-order valence-electron chi connectivity index (χ0n) is 14.7. The summed E-state index contributed by atoms with van der Waals surface area (Å²) in [5, 5.41) is 2.68. The van der Waals surface area contributed by atoms with Gasteiger partial charge in [-0.3, -0.25) is 9.59 Å². The first-order valence-electron chi connectivity index (χ1n) is 8.39. The smallest absolute Gasteiger partial charge is 0.253 e. The average molecular weight is 338 g/mol. The van der Waals surface area contributed by atoms with Crippen molar-refractivity contribution in [1.29, 1.82) is 0 Å². The van der Waals surface area contributed by atoms with E-state index in [9.17, 15) is 9.59 Å². The standard InChI is InChI=1S/C20H22N2O3/c1-13(2)25-18-7-5-4-6-15(18)12-22-17-9-8-14(3)10-16(17)20(24)21-11-19(22)23/h4-10,13H,11-12H2,1-3H3,(H,21,24). The Morgan fingerprint density at radius 2 is 1.92 bits per heavy atom. The number of nitrogens with zero attached hydrogens (tertiary/aromatic N) is 1. The number of rotatable bonds is 4. The molecule has 0 atom stereocenters. The maximum absolute atomic E-state index is 12.6. The van der Waals surface area contributed by atoms with E-state index in [2.05, 4.69) is 5.32 Å². The van der Waals surface area contributed by atoms with Crippen molar-refractivity contribution in [3.63, 3.8) is 0 Å². The highest BCUT2D eigenvalue weighted by Gasteiger charge is 2.27. The van der Waals surface area contributed by atoms with Crippen molar-refractivity contribution in [1.82, 2.24) is 5.32 Å². The van der Waals surface area contributed by atoms with Crippen molar-refractivity contribution in [2.24, 2.45) is 0 Å². The molecule has 0 aromatic heterocycles. The molecule has 25 heavy (non-hydrogen) atoms. The molecule has 2 amide bonds. The molecule has 130 valence electrons. The summed E-state index contributed by atoms with van der Waals surface area (Å²) in [5.41, 5.74) is 3.04. The number of aryl methyl sites for hydroxylation is 1. The number of fused-ring (bicyclic) bond motifs is 1. The minimum Gasteiger partial charge on any atom is -0.491 e. The summed E-state index contributed by atoms with van der Waals surface area (Å²) in [6.07, 6.45) is 0.0409. The highest BCUT2D eigenvalue weighted by molar-refractivity contribution is 6.09. The molecule has 0 radical (unpaired) electrons. The van der Waals surface area contributed by atoms with Crippen LogP contribution in [0.15, 0.2) is 42.5 Å². The van der Waals surface area contributed by atoms with E-state index in [1.165, 1.54) is 0 Å². The molecule has 1 aliphatic heterocycles. The summed E-state index contributed by atoms with van der Waals surface area (Å²) < 4.78 is 5.86. The van der Waals surface area contributed by atoms with Crippen molar-refractivity contribution in [2.45, 2.75) is 33.4 Å². The van der Waals surface area contributed by atoms with Crippen molar-refractivity contribution < 1.29 is 14.3 Å². The van der Waals surface area contributed by atoms with Crippen LogP contribution in [-0.4, -0.2) is 24.5 Å². The summed E-state index contributed by atoms with van der Waals surface area (Å²) >= 11 is 0. The van der Waals surface area contributed by atoms with Crippen LogP contribution in [0.4, 0.5) is 5.69 Å². The predicted molar refractivity (Wildman–Crippen MR) is 96.9 cm³/mol. The van der Waals surface area contributed by atoms with Crippen molar-refractivity contribution >= 4 is 17.5 Å². The number of hydrogen-bond donors (Lipinski definition) is 1. The quantitative estimate of drug-likeness (QED) is 0.932. The summed E-state index contributed by atoms with van der Waals surface area (Å²) in [5.74, 6) is 0.388. The van der Waals surface area contributed by atoms with Gasteiger partial charge in [0.05, 0.1) is 30.4 Å². The van der Waals surface area contributed by atoms with Gasteiger partial charge in [-0.05, 0) is 39.0 Å². The molecule has 0 saturated heterocycles. The summed E-state index contributed by atoms with van der Waals surface area (Å²) in [6.45, 7) is 6.20. The fraction of sp³-hybridized carbons (Fsp3) is 0.300. The van der Waals surface area contributed by atoms with E-state index in [0.717, 1.165) is 16.9 Å². The molecule has 0 spiro atoms. The van der Waals surface area contributed by atoms with E-state index < -0.39 is 0 Å². The molecule has 0 fully saturated rings. The summed E-state index contributed by atoms with van der Waals surface area (Å²) in [7, 11) is 0. The Labute approximate surface area is 147 Å². The minimum absolute atomic E-state index is 0.0141. The van der Waals surface area contributed by atoms with Gasteiger partial charge in [0.15, 0.2) is 0 Å². The number of carbonyl (C=O) groups is 2. The lowest BCUT2D eigenvalue weighted by Gasteiger charge is -2.24. The van der Waals surface area contributed by atoms with Gasteiger partial charge in [0, 0.05) is 5.56 Å². The first kappa shape index (κ1) is 17.0. The van der Waals surface area contributed by atoms with Crippen molar-refractivity contribution in [3.05, 3.63) is 59.2 Å². The van der Waals surface area contributed by atoms with Gasteiger partial charge in [0.2, 0.25) is 5.91 Å². The van der Waals surface area contributed by atoms with Crippen LogP contribution in [0.3, 0.4) is 0 Å². The SMILES string of the molecule is Cc1ccc2c(c1)C(=O)NCC(=O)N2Cc1ccccc1OC(C)C. The molecule has 1 heterocycles. The van der Waals surface area contributed by atoms with Crippen LogP contribution in [0.1, 0.15) is 35.3 Å². The largest absolute Gasteiger partial charge is 0.491 e. The molecule has 2 aromatic rings. The highest BCUT2D eigenvalue weighted by atomic mass is 16.5. The lowest BCUT2D eigenvalue weighted by Crippen LogP contribution is -2.36. The van der Waals surface area contributed by atoms with Gasteiger partial charge in [-0.15, -0.1) is 0 Å². The Kier molecular flexibility index (Phi) is 4.74. The topological polar surface area (TPSA) is 58.6 Å². The molecule has 5 nitrogen and oxygen atoms in total. The fourth-order valence-electron chi connectivity index (χ4n) is 2.90. The van der Waals surface area contributed by atoms with E-state index in [1.807, 2.05) is 63.2 Å². The van der Waals surface area contributed by atoms with E-state index in [0.29, 0.717) is 17.8 Å². The van der Waals surface area contributed by atoms with Gasteiger partial charge in [0.25, 0.3) is 5.91 Å². The molecule has 0 unspecified atom stereocenters.